The summed E-state index contributed by atoms with van der Waals surface area (Å²) >= 11 is 0. The number of benzene rings is 2. The standard InChI is InChI=1S/C26H27N3O5/c1-14-8-9-17-22(15(14)2)27-25(34)26(17)21-20(18(28-26)10-11-19(30)31)23(32)29(24(21)33)13-12-16-6-4-3-5-7-16/h3-9,18,20-21,28H,10-13H2,1-2H3,(H,27,34)(H,30,31). The van der Waals surface area contributed by atoms with E-state index in [1.54, 1.807) is 0 Å². The average molecular weight is 462 g/mol. The van der Waals surface area contributed by atoms with Crippen LogP contribution in [0, 0.1) is 25.7 Å². The normalized spacial score (nSPS) is 27.3. The van der Waals surface area contributed by atoms with Gasteiger partial charge < -0.3 is 10.4 Å². The van der Waals surface area contributed by atoms with Gasteiger partial charge in [0.15, 0.2) is 0 Å². The lowest BCUT2D eigenvalue weighted by molar-refractivity contribution is -0.143. The van der Waals surface area contributed by atoms with E-state index >= 15 is 0 Å². The molecule has 3 N–H and O–H groups in total. The Hall–Kier alpha value is -3.52. The number of carbonyl (C=O) groups excluding carboxylic acids is 3. The first-order valence-electron chi connectivity index (χ1n) is 11.6. The number of imide groups is 1. The molecular weight excluding hydrogens is 434 g/mol. The Morgan fingerprint density at radius 2 is 1.79 bits per heavy atom. The molecule has 5 rings (SSSR count). The molecule has 4 atom stereocenters. The first kappa shape index (κ1) is 22.3. The third kappa shape index (κ3) is 3.16. The van der Waals surface area contributed by atoms with Gasteiger partial charge in [0.25, 0.3) is 0 Å². The van der Waals surface area contributed by atoms with Gasteiger partial charge in [0, 0.05) is 30.3 Å². The number of carbonyl (C=O) groups is 4. The van der Waals surface area contributed by atoms with Crippen LogP contribution in [0.25, 0.3) is 0 Å². The van der Waals surface area contributed by atoms with Crippen LogP contribution in [-0.2, 0) is 31.1 Å². The molecule has 176 valence electrons. The molecule has 34 heavy (non-hydrogen) atoms. The summed E-state index contributed by atoms with van der Waals surface area (Å²) in [7, 11) is 0. The van der Waals surface area contributed by atoms with E-state index < -0.39 is 29.4 Å². The number of anilines is 1. The van der Waals surface area contributed by atoms with Crippen LogP contribution >= 0.6 is 0 Å². The maximum absolute atomic E-state index is 13.7. The molecule has 2 aromatic rings. The molecule has 2 saturated heterocycles. The Balaban J connectivity index is 1.55. The second-order valence-corrected chi connectivity index (χ2v) is 9.44. The van der Waals surface area contributed by atoms with Gasteiger partial charge in [0.1, 0.15) is 5.54 Å². The molecule has 0 bridgehead atoms. The Kier molecular flexibility index (Phi) is 5.28. The Bertz CT molecular complexity index is 1210. The number of likely N-dealkylation sites (tertiary alicyclic amines) is 1. The van der Waals surface area contributed by atoms with E-state index in [1.807, 2.05) is 56.3 Å². The predicted molar refractivity (Wildman–Crippen MR) is 124 cm³/mol. The maximum atomic E-state index is 13.7. The van der Waals surface area contributed by atoms with Crippen molar-refractivity contribution in [1.29, 1.82) is 0 Å². The summed E-state index contributed by atoms with van der Waals surface area (Å²) in [5, 5.41) is 15.5. The van der Waals surface area contributed by atoms with Crippen molar-refractivity contribution in [1.82, 2.24) is 10.2 Å². The first-order valence-corrected chi connectivity index (χ1v) is 11.6. The van der Waals surface area contributed by atoms with Gasteiger partial charge >= 0.3 is 5.97 Å². The quantitative estimate of drug-likeness (QED) is 0.568. The molecule has 3 aliphatic heterocycles. The van der Waals surface area contributed by atoms with E-state index in [0.29, 0.717) is 17.7 Å². The lowest BCUT2D eigenvalue weighted by atomic mass is 9.76. The van der Waals surface area contributed by atoms with E-state index in [1.165, 1.54) is 4.90 Å². The number of nitrogens with one attached hydrogen (secondary N) is 2. The molecule has 4 unspecified atom stereocenters. The zero-order valence-electron chi connectivity index (χ0n) is 19.1. The minimum Gasteiger partial charge on any atom is -0.481 e. The third-order valence-corrected chi connectivity index (χ3v) is 7.65. The van der Waals surface area contributed by atoms with Crippen molar-refractivity contribution in [3.63, 3.8) is 0 Å². The van der Waals surface area contributed by atoms with Crippen molar-refractivity contribution in [2.24, 2.45) is 11.8 Å². The number of fused-ring (bicyclic) bond motifs is 4. The molecule has 0 aliphatic carbocycles. The lowest BCUT2D eigenvalue weighted by Gasteiger charge is -2.29. The number of aryl methyl sites for hydroxylation is 1. The number of carboxylic acid groups (broad SMARTS) is 1. The summed E-state index contributed by atoms with van der Waals surface area (Å²) in [4.78, 5) is 53.4. The van der Waals surface area contributed by atoms with Crippen molar-refractivity contribution in [3.05, 3.63) is 64.7 Å². The van der Waals surface area contributed by atoms with Crippen LogP contribution < -0.4 is 10.6 Å². The van der Waals surface area contributed by atoms with Crippen LogP contribution in [0.2, 0.25) is 0 Å². The van der Waals surface area contributed by atoms with Gasteiger partial charge in [-0.25, -0.2) is 0 Å². The molecule has 0 aromatic heterocycles. The summed E-state index contributed by atoms with van der Waals surface area (Å²) in [6.45, 7) is 4.08. The van der Waals surface area contributed by atoms with Crippen molar-refractivity contribution in [2.45, 2.75) is 44.7 Å². The summed E-state index contributed by atoms with van der Waals surface area (Å²) < 4.78 is 0. The predicted octanol–water partition coefficient (Wildman–Crippen LogP) is 2.13. The fourth-order valence-electron chi connectivity index (χ4n) is 5.81. The number of rotatable bonds is 6. The fraction of sp³-hybridized carbons (Fsp3) is 0.385. The molecule has 0 radical (unpaired) electrons. The zero-order chi connectivity index (χ0) is 24.2. The van der Waals surface area contributed by atoms with Crippen LogP contribution in [0.1, 0.15) is 35.1 Å². The average Bonchev–Trinajstić information content (AvgIpc) is 3.39. The highest BCUT2D eigenvalue weighted by Gasteiger charge is 2.70. The van der Waals surface area contributed by atoms with Crippen LogP contribution in [0.3, 0.4) is 0 Å². The molecule has 8 heteroatoms. The highest BCUT2D eigenvalue weighted by molar-refractivity contribution is 6.15. The molecule has 3 heterocycles. The smallest absolute Gasteiger partial charge is 0.303 e. The SMILES string of the molecule is Cc1ccc2c(c1C)NC(=O)C21NC(CCC(=O)O)C2C(=O)N(CCc3ccccc3)C(=O)C21. The molecule has 2 fully saturated rings. The van der Waals surface area contributed by atoms with Gasteiger partial charge in [-0.2, -0.15) is 0 Å². The van der Waals surface area contributed by atoms with Crippen LogP contribution in [0.4, 0.5) is 5.69 Å². The van der Waals surface area contributed by atoms with E-state index in [0.717, 1.165) is 16.7 Å². The second-order valence-electron chi connectivity index (χ2n) is 9.44. The van der Waals surface area contributed by atoms with Crippen molar-refractivity contribution >= 4 is 29.4 Å². The Morgan fingerprint density at radius 3 is 2.50 bits per heavy atom. The zero-order valence-corrected chi connectivity index (χ0v) is 19.1. The number of aliphatic carboxylic acids is 1. The highest BCUT2D eigenvalue weighted by atomic mass is 16.4. The summed E-state index contributed by atoms with van der Waals surface area (Å²) in [5.41, 5.74) is 2.85. The molecule has 8 nitrogen and oxygen atoms in total. The maximum Gasteiger partial charge on any atom is 0.303 e. The van der Waals surface area contributed by atoms with E-state index in [2.05, 4.69) is 10.6 Å². The number of nitrogens with zero attached hydrogens (tertiary/aromatic N) is 1. The third-order valence-electron chi connectivity index (χ3n) is 7.65. The molecule has 0 saturated carbocycles. The topological polar surface area (TPSA) is 116 Å². The van der Waals surface area contributed by atoms with Crippen LogP contribution in [-0.4, -0.2) is 46.3 Å². The monoisotopic (exact) mass is 461 g/mol. The van der Waals surface area contributed by atoms with E-state index in [-0.39, 0.29) is 37.1 Å². The molecule has 3 amide bonds. The highest BCUT2D eigenvalue weighted by Crippen LogP contribution is 2.54. The molecular formula is C26H27N3O5. The largest absolute Gasteiger partial charge is 0.481 e. The van der Waals surface area contributed by atoms with Gasteiger partial charge in [0.05, 0.1) is 11.8 Å². The van der Waals surface area contributed by atoms with Crippen LogP contribution in [0.5, 0.6) is 0 Å². The number of hydrogen-bond donors (Lipinski definition) is 3. The lowest BCUT2D eigenvalue weighted by Crippen LogP contribution is -2.53. The summed E-state index contributed by atoms with van der Waals surface area (Å²) in [6, 6.07) is 12.7. The van der Waals surface area contributed by atoms with Gasteiger partial charge in [-0.15, -0.1) is 0 Å². The van der Waals surface area contributed by atoms with Crippen molar-refractivity contribution in [3.8, 4) is 0 Å². The number of hydrogen-bond acceptors (Lipinski definition) is 5. The first-order chi connectivity index (χ1) is 16.3. The number of carboxylic acids is 1. The Morgan fingerprint density at radius 1 is 1.06 bits per heavy atom. The summed E-state index contributed by atoms with van der Waals surface area (Å²) in [5.74, 6) is -3.78. The Labute approximate surface area is 197 Å². The van der Waals surface area contributed by atoms with E-state index in [4.69, 9.17) is 0 Å². The summed E-state index contributed by atoms with van der Waals surface area (Å²) in [6.07, 6.45) is 0.500. The minimum absolute atomic E-state index is 0.150. The number of amides is 3. The van der Waals surface area contributed by atoms with Crippen molar-refractivity contribution in [2.75, 3.05) is 11.9 Å². The fourth-order valence-corrected chi connectivity index (χ4v) is 5.81. The van der Waals surface area contributed by atoms with Crippen molar-refractivity contribution < 1.29 is 24.3 Å². The molecule has 1 spiro atoms. The van der Waals surface area contributed by atoms with E-state index in [9.17, 15) is 24.3 Å². The van der Waals surface area contributed by atoms with Gasteiger partial charge in [-0.3, -0.25) is 29.4 Å². The van der Waals surface area contributed by atoms with Gasteiger partial charge in [-0.05, 0) is 43.4 Å². The minimum atomic E-state index is -1.39. The molecule has 3 aliphatic rings. The van der Waals surface area contributed by atoms with Gasteiger partial charge in [-0.1, -0.05) is 42.5 Å². The van der Waals surface area contributed by atoms with Gasteiger partial charge in [0.2, 0.25) is 17.7 Å². The second kappa shape index (κ2) is 8.06. The van der Waals surface area contributed by atoms with Crippen LogP contribution in [0.15, 0.2) is 42.5 Å². The molecule has 2 aromatic carbocycles.